The lowest BCUT2D eigenvalue weighted by molar-refractivity contribution is -0.121. The summed E-state index contributed by atoms with van der Waals surface area (Å²) in [5, 5.41) is 3.64. The maximum atomic E-state index is 14.2. The Morgan fingerprint density at radius 2 is 1.90 bits per heavy atom. The molecule has 2 unspecified atom stereocenters. The molecule has 2 fully saturated rings. The normalized spacial score (nSPS) is 32.0. The first kappa shape index (κ1) is 15.5. The molecule has 7 heteroatoms. The topological polar surface area (TPSA) is 55.2 Å². The predicted octanol–water partition coefficient (Wildman–Crippen LogP) is 2.88. The highest BCUT2D eigenvalue weighted by Gasteiger charge is 2.50. The van der Waals surface area contributed by atoms with Gasteiger partial charge >= 0.3 is 0 Å². The van der Waals surface area contributed by atoms with Gasteiger partial charge in [-0.2, -0.15) is 0 Å². The zero-order valence-corrected chi connectivity index (χ0v) is 12.2. The number of rotatable bonds is 3. The molecule has 1 heterocycles. The first-order valence-corrected chi connectivity index (χ1v) is 7.36. The molecule has 0 N–H and O–H groups in total. The fraction of sp³-hybridized carbons (Fsp3) is 1.00. The summed E-state index contributed by atoms with van der Waals surface area (Å²) in [4.78, 5) is 6.89. The highest BCUT2D eigenvalue weighted by molar-refractivity contribution is 5.00. The van der Waals surface area contributed by atoms with Crippen LogP contribution in [-0.2, 0) is 0 Å². The van der Waals surface area contributed by atoms with Crippen molar-refractivity contribution >= 4 is 0 Å². The van der Waals surface area contributed by atoms with Crippen LogP contribution in [0.3, 0.4) is 0 Å². The molecule has 0 aromatic rings. The highest BCUT2D eigenvalue weighted by atomic mass is 19.3. The Kier molecular flexibility index (Phi) is 4.83. The van der Waals surface area contributed by atoms with E-state index in [1.54, 1.807) is 0 Å². The molecule has 1 saturated heterocycles. The van der Waals surface area contributed by atoms with Gasteiger partial charge in [-0.3, -0.25) is 9.80 Å². The quantitative estimate of drug-likeness (QED) is 0.455. The number of hydrogen-bond donors (Lipinski definition) is 0. The maximum absolute atomic E-state index is 14.2. The monoisotopic (exact) mass is 287 g/mol. The van der Waals surface area contributed by atoms with Gasteiger partial charge in [0.25, 0.3) is 5.92 Å². The summed E-state index contributed by atoms with van der Waals surface area (Å²) in [6.45, 7) is 7.08. The fourth-order valence-electron chi connectivity index (χ4n) is 3.36. The second kappa shape index (κ2) is 6.24. The summed E-state index contributed by atoms with van der Waals surface area (Å²) in [5.74, 6) is -2.75. The van der Waals surface area contributed by atoms with Crippen LogP contribution in [0.15, 0.2) is 5.11 Å². The highest BCUT2D eigenvalue weighted by Crippen LogP contribution is 2.38. The van der Waals surface area contributed by atoms with Gasteiger partial charge in [0.05, 0.1) is 12.1 Å². The Bertz CT molecular complexity index is 373. The van der Waals surface area contributed by atoms with Gasteiger partial charge in [0.15, 0.2) is 0 Å². The Morgan fingerprint density at radius 3 is 2.45 bits per heavy atom. The van der Waals surface area contributed by atoms with Gasteiger partial charge in [0, 0.05) is 43.6 Å². The van der Waals surface area contributed by atoms with E-state index in [2.05, 4.69) is 28.8 Å². The van der Waals surface area contributed by atoms with E-state index in [1.165, 1.54) is 0 Å². The minimum absolute atomic E-state index is 0.0977. The zero-order chi connectivity index (χ0) is 14.8. The molecule has 5 nitrogen and oxygen atoms in total. The average Bonchev–Trinajstić information content (AvgIpc) is 2.38. The molecule has 0 aromatic carbocycles. The van der Waals surface area contributed by atoms with E-state index in [1.807, 2.05) is 4.90 Å². The van der Waals surface area contributed by atoms with Crippen molar-refractivity contribution in [3.8, 4) is 0 Å². The largest absolute Gasteiger partial charge is 0.298 e. The number of nitrogens with zero attached hydrogens (tertiary/aromatic N) is 5. The molecular formula is C13H23F2N5. The van der Waals surface area contributed by atoms with E-state index in [0.29, 0.717) is 32.0 Å². The summed E-state index contributed by atoms with van der Waals surface area (Å²) >= 11 is 0. The summed E-state index contributed by atoms with van der Waals surface area (Å²) in [6, 6.07) is -1.09. The number of hydrogen-bond acceptors (Lipinski definition) is 3. The Balaban J connectivity index is 2.09. The van der Waals surface area contributed by atoms with Crippen molar-refractivity contribution in [3.63, 3.8) is 0 Å². The van der Waals surface area contributed by atoms with Gasteiger partial charge in [-0.15, -0.1) is 0 Å². The van der Waals surface area contributed by atoms with Crippen LogP contribution in [0.25, 0.3) is 10.4 Å². The minimum Gasteiger partial charge on any atom is -0.298 e. The number of halogens is 2. The van der Waals surface area contributed by atoms with Gasteiger partial charge in [-0.1, -0.05) is 5.11 Å². The van der Waals surface area contributed by atoms with Crippen molar-refractivity contribution in [2.75, 3.05) is 26.2 Å². The molecule has 1 aliphatic carbocycles. The minimum atomic E-state index is -2.75. The van der Waals surface area contributed by atoms with Gasteiger partial charge in [-0.25, -0.2) is 8.78 Å². The summed E-state index contributed by atoms with van der Waals surface area (Å²) < 4.78 is 28.5. The van der Waals surface area contributed by atoms with E-state index >= 15 is 0 Å². The van der Waals surface area contributed by atoms with Crippen molar-refractivity contribution in [1.82, 2.24) is 9.80 Å². The van der Waals surface area contributed by atoms with Crippen LogP contribution in [0.1, 0.15) is 33.1 Å². The second-order valence-corrected chi connectivity index (χ2v) is 6.04. The van der Waals surface area contributed by atoms with Crippen molar-refractivity contribution in [2.24, 2.45) is 5.11 Å². The second-order valence-electron chi connectivity index (χ2n) is 6.04. The van der Waals surface area contributed by atoms with E-state index in [0.717, 1.165) is 13.1 Å². The van der Waals surface area contributed by atoms with Gasteiger partial charge in [0.1, 0.15) is 0 Å². The third-order valence-electron chi connectivity index (χ3n) is 4.48. The van der Waals surface area contributed by atoms with Crippen molar-refractivity contribution in [1.29, 1.82) is 0 Å². The Morgan fingerprint density at radius 1 is 1.25 bits per heavy atom. The Hall–Kier alpha value is -0.910. The van der Waals surface area contributed by atoms with E-state index < -0.39 is 18.0 Å². The first-order valence-electron chi connectivity index (χ1n) is 7.36. The van der Waals surface area contributed by atoms with Crippen molar-refractivity contribution < 1.29 is 8.78 Å². The zero-order valence-electron chi connectivity index (χ0n) is 12.2. The van der Waals surface area contributed by atoms with Crippen LogP contribution in [0.5, 0.6) is 0 Å². The van der Waals surface area contributed by atoms with Crippen LogP contribution in [0, 0.1) is 0 Å². The lowest BCUT2D eigenvalue weighted by Gasteiger charge is -2.46. The molecule has 1 saturated carbocycles. The van der Waals surface area contributed by atoms with Crippen LogP contribution in [0.4, 0.5) is 8.78 Å². The maximum Gasteiger partial charge on any atom is 0.263 e. The smallest absolute Gasteiger partial charge is 0.263 e. The molecule has 0 spiro atoms. The average molecular weight is 287 g/mol. The molecule has 0 bridgehead atoms. The van der Waals surface area contributed by atoms with Crippen molar-refractivity contribution in [3.05, 3.63) is 10.4 Å². The van der Waals surface area contributed by atoms with Crippen LogP contribution < -0.4 is 0 Å². The summed E-state index contributed by atoms with van der Waals surface area (Å²) in [7, 11) is 0. The molecule has 20 heavy (non-hydrogen) atoms. The van der Waals surface area contributed by atoms with E-state index in [-0.39, 0.29) is 6.42 Å². The number of azide groups is 1. The van der Waals surface area contributed by atoms with Crippen LogP contribution in [0.2, 0.25) is 0 Å². The third-order valence-corrected chi connectivity index (χ3v) is 4.48. The molecule has 2 aliphatic rings. The summed E-state index contributed by atoms with van der Waals surface area (Å²) in [5.41, 5.74) is 8.61. The lowest BCUT2D eigenvalue weighted by atomic mass is 9.86. The lowest BCUT2D eigenvalue weighted by Crippen LogP contribution is -2.61. The fourth-order valence-corrected chi connectivity index (χ4v) is 3.36. The first-order chi connectivity index (χ1) is 9.45. The molecule has 2 atom stereocenters. The Labute approximate surface area is 118 Å². The van der Waals surface area contributed by atoms with E-state index in [4.69, 9.17) is 5.53 Å². The van der Waals surface area contributed by atoms with E-state index in [9.17, 15) is 8.78 Å². The number of alkyl halides is 2. The molecular weight excluding hydrogens is 264 g/mol. The van der Waals surface area contributed by atoms with Gasteiger partial charge in [0.2, 0.25) is 0 Å². The molecule has 2 rings (SSSR count). The van der Waals surface area contributed by atoms with Gasteiger partial charge in [-0.05, 0) is 32.2 Å². The molecule has 1 aliphatic heterocycles. The SMILES string of the molecule is CC(C)N1CCN(C2C(N=[N+]=[N-])CCCC2(F)F)CC1. The van der Waals surface area contributed by atoms with Crippen molar-refractivity contribution in [2.45, 2.75) is 57.2 Å². The molecule has 0 aromatic heterocycles. The van der Waals surface area contributed by atoms with Crippen LogP contribution in [-0.4, -0.2) is 60.0 Å². The number of piperazine rings is 1. The van der Waals surface area contributed by atoms with Crippen LogP contribution >= 0.6 is 0 Å². The molecule has 0 radical (unpaired) electrons. The molecule has 0 amide bonds. The standard InChI is InChI=1S/C13H23F2N5/c1-10(2)19-6-8-20(9-7-19)12-11(17-18-16)4-3-5-13(12,14)15/h10-12H,3-9H2,1-2H3. The third kappa shape index (κ3) is 3.22. The molecule has 114 valence electrons. The summed E-state index contributed by atoms with van der Waals surface area (Å²) in [6.07, 6.45) is 0.896. The predicted molar refractivity (Wildman–Crippen MR) is 73.8 cm³/mol. The van der Waals surface area contributed by atoms with Gasteiger partial charge < -0.3 is 0 Å².